The van der Waals surface area contributed by atoms with Crippen molar-refractivity contribution in [2.24, 2.45) is 0 Å². The lowest BCUT2D eigenvalue weighted by Gasteiger charge is -2.07. The molecule has 0 bridgehead atoms. The molecule has 2 nitrogen and oxygen atoms in total. The van der Waals surface area contributed by atoms with Gasteiger partial charge in [-0.2, -0.15) is 0 Å². The summed E-state index contributed by atoms with van der Waals surface area (Å²) in [6.07, 6.45) is 0. The third-order valence-corrected chi connectivity index (χ3v) is 3.20. The van der Waals surface area contributed by atoms with Crippen LogP contribution in [0.5, 0.6) is 5.75 Å². The van der Waals surface area contributed by atoms with Crippen molar-refractivity contribution < 1.29 is 9.53 Å². The number of Topliss-reactive ketones (excluding diaryl/α,β-unsaturated/α-hetero) is 1. The minimum atomic E-state index is -0.691. The predicted molar refractivity (Wildman–Crippen MR) is 80.1 cm³/mol. The molecule has 0 aliphatic rings. The predicted octanol–water partition coefficient (Wildman–Crippen LogP) is 4.41. The molecule has 0 saturated carbocycles. The molecule has 0 amide bonds. The van der Waals surface area contributed by atoms with Crippen LogP contribution in [0, 0.1) is 0 Å². The van der Waals surface area contributed by atoms with E-state index in [0.29, 0.717) is 12.2 Å². The van der Waals surface area contributed by atoms with E-state index in [1.165, 1.54) is 0 Å². The van der Waals surface area contributed by atoms with Crippen LogP contribution in [0.4, 0.5) is 0 Å². The minimum Gasteiger partial charge on any atom is -0.489 e. The van der Waals surface area contributed by atoms with E-state index < -0.39 is 4.29 Å². The highest BCUT2D eigenvalue weighted by Gasteiger charge is 2.13. The van der Waals surface area contributed by atoms with E-state index in [1.54, 1.807) is 24.3 Å². The first kappa shape index (κ1) is 14.1. The van der Waals surface area contributed by atoms with Crippen LogP contribution in [0.2, 0.25) is 0 Å². The molecular weight excluding hydrogens is 328 g/mol. The van der Waals surface area contributed by atoms with Crippen LogP contribution >= 0.6 is 27.5 Å². The van der Waals surface area contributed by atoms with Gasteiger partial charge in [0.25, 0.3) is 0 Å². The Morgan fingerprint density at radius 2 is 1.74 bits per heavy atom. The largest absolute Gasteiger partial charge is 0.489 e. The van der Waals surface area contributed by atoms with Crippen molar-refractivity contribution in [3.05, 3.63) is 65.7 Å². The number of alkyl halides is 2. The van der Waals surface area contributed by atoms with Crippen molar-refractivity contribution in [3.8, 4) is 5.75 Å². The molecule has 0 fully saturated rings. The van der Waals surface area contributed by atoms with Gasteiger partial charge in [0.1, 0.15) is 12.4 Å². The van der Waals surface area contributed by atoms with Crippen molar-refractivity contribution in [1.82, 2.24) is 0 Å². The number of halogens is 2. The third kappa shape index (κ3) is 4.08. The molecule has 1 atom stereocenters. The van der Waals surface area contributed by atoms with Crippen molar-refractivity contribution in [2.75, 3.05) is 0 Å². The summed E-state index contributed by atoms with van der Waals surface area (Å²) in [4.78, 5) is 11.6. The topological polar surface area (TPSA) is 26.3 Å². The Hall–Kier alpha value is -1.32. The Morgan fingerprint density at radius 3 is 2.32 bits per heavy atom. The number of carbonyl (C=O) groups is 1. The number of rotatable bonds is 5. The normalized spacial score (nSPS) is 11.9. The van der Waals surface area contributed by atoms with Gasteiger partial charge in [-0.05, 0) is 29.8 Å². The van der Waals surface area contributed by atoms with Gasteiger partial charge in [-0.15, -0.1) is 11.6 Å². The number of ether oxygens (including phenoxy) is 1. The van der Waals surface area contributed by atoms with E-state index in [9.17, 15) is 4.79 Å². The number of benzene rings is 2. The molecule has 0 N–H and O–H groups in total. The van der Waals surface area contributed by atoms with Gasteiger partial charge in [-0.3, -0.25) is 4.79 Å². The molecule has 2 aromatic rings. The monoisotopic (exact) mass is 338 g/mol. The summed E-state index contributed by atoms with van der Waals surface area (Å²) in [5.74, 6) is 0.567. The smallest absolute Gasteiger partial charge is 0.191 e. The summed E-state index contributed by atoms with van der Waals surface area (Å²) < 4.78 is 4.94. The molecule has 0 heterocycles. The summed E-state index contributed by atoms with van der Waals surface area (Å²) in [6, 6.07) is 16.9. The first-order valence-electron chi connectivity index (χ1n) is 5.76. The molecule has 0 spiro atoms. The van der Waals surface area contributed by atoms with E-state index in [-0.39, 0.29) is 5.78 Å². The minimum absolute atomic E-state index is 0.156. The standard InChI is InChI=1S/C15H12BrClO2/c16-15(17)14(18)12-6-8-13(9-7-12)19-10-11-4-2-1-3-5-11/h1-9,15H,10H2. The molecule has 1 unspecified atom stereocenters. The number of hydrogen-bond donors (Lipinski definition) is 0. The highest BCUT2D eigenvalue weighted by atomic mass is 79.9. The summed E-state index contributed by atoms with van der Waals surface area (Å²) >= 11 is 8.72. The van der Waals surface area contributed by atoms with E-state index >= 15 is 0 Å². The van der Waals surface area contributed by atoms with Crippen LogP contribution < -0.4 is 4.74 Å². The number of carbonyl (C=O) groups excluding carboxylic acids is 1. The SMILES string of the molecule is O=C(c1ccc(OCc2ccccc2)cc1)C(Cl)Br. The molecule has 4 heteroatoms. The fourth-order valence-corrected chi connectivity index (χ4v) is 1.97. The average molecular weight is 340 g/mol. The van der Waals surface area contributed by atoms with Gasteiger partial charge in [0, 0.05) is 5.56 Å². The second kappa shape index (κ2) is 6.73. The van der Waals surface area contributed by atoms with E-state index in [0.717, 1.165) is 11.3 Å². The van der Waals surface area contributed by atoms with Crippen molar-refractivity contribution in [2.45, 2.75) is 10.9 Å². The third-order valence-electron chi connectivity index (χ3n) is 2.59. The fraction of sp³-hybridized carbons (Fsp3) is 0.133. The van der Waals surface area contributed by atoms with Gasteiger partial charge in [0.15, 0.2) is 10.1 Å². The van der Waals surface area contributed by atoms with Gasteiger partial charge in [0.2, 0.25) is 0 Å². The highest BCUT2D eigenvalue weighted by molar-refractivity contribution is 9.10. The second-order valence-electron chi connectivity index (χ2n) is 3.96. The highest BCUT2D eigenvalue weighted by Crippen LogP contribution is 2.18. The Kier molecular flexibility index (Phi) is 5.00. The zero-order valence-electron chi connectivity index (χ0n) is 10.1. The van der Waals surface area contributed by atoms with Crippen LogP contribution in [0.15, 0.2) is 54.6 Å². The summed E-state index contributed by atoms with van der Waals surface area (Å²) in [7, 11) is 0. The number of ketones is 1. The van der Waals surface area contributed by atoms with Gasteiger partial charge in [0.05, 0.1) is 0 Å². The zero-order chi connectivity index (χ0) is 13.7. The van der Waals surface area contributed by atoms with E-state index in [2.05, 4.69) is 15.9 Å². The fourth-order valence-electron chi connectivity index (χ4n) is 1.58. The molecule has 0 saturated heterocycles. The first-order chi connectivity index (χ1) is 9.16. The van der Waals surface area contributed by atoms with Crippen LogP contribution in [0.3, 0.4) is 0 Å². The van der Waals surface area contributed by atoms with Gasteiger partial charge in [-0.1, -0.05) is 46.3 Å². The lowest BCUT2D eigenvalue weighted by Crippen LogP contribution is -2.07. The number of hydrogen-bond acceptors (Lipinski definition) is 2. The lowest BCUT2D eigenvalue weighted by molar-refractivity contribution is 0.101. The lowest BCUT2D eigenvalue weighted by atomic mass is 10.1. The molecule has 0 aliphatic carbocycles. The van der Waals surface area contributed by atoms with Gasteiger partial charge < -0.3 is 4.74 Å². The Labute approximate surface area is 125 Å². The molecule has 0 radical (unpaired) electrons. The molecule has 2 aromatic carbocycles. The maximum atomic E-state index is 11.6. The van der Waals surface area contributed by atoms with Crippen molar-refractivity contribution in [1.29, 1.82) is 0 Å². The maximum Gasteiger partial charge on any atom is 0.191 e. The molecular formula is C15H12BrClO2. The molecule has 98 valence electrons. The van der Waals surface area contributed by atoms with Crippen LogP contribution in [-0.4, -0.2) is 10.1 Å². The van der Waals surface area contributed by atoms with Crippen LogP contribution in [-0.2, 0) is 6.61 Å². The summed E-state index contributed by atoms with van der Waals surface area (Å²) in [5.41, 5.74) is 1.66. The maximum absolute atomic E-state index is 11.6. The summed E-state index contributed by atoms with van der Waals surface area (Å²) in [5, 5.41) is 0. The second-order valence-corrected chi connectivity index (χ2v) is 5.84. The average Bonchev–Trinajstić information content (AvgIpc) is 2.46. The van der Waals surface area contributed by atoms with Crippen LogP contribution in [0.1, 0.15) is 15.9 Å². The summed E-state index contributed by atoms with van der Waals surface area (Å²) in [6.45, 7) is 0.505. The van der Waals surface area contributed by atoms with Gasteiger partial charge >= 0.3 is 0 Å². The first-order valence-corrected chi connectivity index (χ1v) is 7.11. The molecule has 0 aromatic heterocycles. The molecule has 2 rings (SSSR count). The van der Waals surface area contributed by atoms with Gasteiger partial charge in [-0.25, -0.2) is 0 Å². The zero-order valence-corrected chi connectivity index (χ0v) is 12.4. The molecule has 0 aliphatic heterocycles. The van der Waals surface area contributed by atoms with E-state index in [1.807, 2.05) is 30.3 Å². The Bertz CT molecular complexity index is 538. The Balaban J connectivity index is 1.98. The Morgan fingerprint density at radius 1 is 1.11 bits per heavy atom. The van der Waals surface area contributed by atoms with E-state index in [4.69, 9.17) is 16.3 Å². The molecule has 19 heavy (non-hydrogen) atoms. The van der Waals surface area contributed by atoms with Crippen molar-refractivity contribution >= 4 is 33.3 Å². The quantitative estimate of drug-likeness (QED) is 0.596. The van der Waals surface area contributed by atoms with Crippen LogP contribution in [0.25, 0.3) is 0 Å². The van der Waals surface area contributed by atoms with Crippen molar-refractivity contribution in [3.63, 3.8) is 0 Å².